The molecule has 1 aromatic rings. The fourth-order valence-electron chi connectivity index (χ4n) is 1.54. The highest BCUT2D eigenvalue weighted by molar-refractivity contribution is 5.90. The highest BCUT2D eigenvalue weighted by Crippen LogP contribution is 2.08. The van der Waals surface area contributed by atoms with Gasteiger partial charge in [-0.25, -0.2) is 0 Å². The molecular weight excluding hydrogens is 244 g/mol. The van der Waals surface area contributed by atoms with Crippen molar-refractivity contribution in [3.63, 3.8) is 0 Å². The Hall–Kier alpha value is -1.11. The lowest BCUT2D eigenvalue weighted by molar-refractivity contribution is -0.117. The molecule has 0 radical (unpaired) electrons. The van der Waals surface area contributed by atoms with Gasteiger partial charge < -0.3 is 9.84 Å². The number of carbonyl (C=O) groups is 1. The fraction of sp³-hybridized carbons (Fsp3) is 0.600. The van der Waals surface area contributed by atoms with Gasteiger partial charge >= 0.3 is 0 Å². The minimum Gasteiger partial charge on any atom is -0.338 e. The van der Waals surface area contributed by atoms with Gasteiger partial charge in [-0.15, -0.1) is 12.4 Å². The predicted octanol–water partition coefficient (Wildman–Crippen LogP) is 0.247. The number of amides is 1. The first kappa shape index (κ1) is 14.0. The summed E-state index contributed by atoms with van der Waals surface area (Å²) in [4.78, 5) is 13.6. The number of nitrogens with one attached hydrogen (secondary N) is 2. The van der Waals surface area contributed by atoms with Crippen LogP contribution in [0.25, 0.3) is 0 Å². The molecule has 2 rings (SSSR count). The van der Waals surface area contributed by atoms with Gasteiger partial charge in [0.25, 0.3) is 0 Å². The van der Waals surface area contributed by atoms with Crippen LogP contribution in [0.15, 0.2) is 10.6 Å². The van der Waals surface area contributed by atoms with Crippen molar-refractivity contribution in [3.8, 4) is 0 Å². The number of rotatable bonds is 4. The van der Waals surface area contributed by atoms with Crippen LogP contribution < -0.4 is 10.6 Å². The van der Waals surface area contributed by atoms with Crippen molar-refractivity contribution in [1.82, 2.24) is 15.4 Å². The van der Waals surface area contributed by atoms with Gasteiger partial charge in [-0.3, -0.25) is 15.0 Å². The second-order valence-electron chi connectivity index (χ2n) is 4.11. The van der Waals surface area contributed by atoms with Crippen LogP contribution in [0.2, 0.25) is 0 Å². The second-order valence-corrected chi connectivity index (χ2v) is 4.11. The molecule has 1 aliphatic rings. The number of halogens is 1. The van der Waals surface area contributed by atoms with Crippen LogP contribution in [-0.4, -0.2) is 48.7 Å². The van der Waals surface area contributed by atoms with Gasteiger partial charge in [0.1, 0.15) is 0 Å². The topological polar surface area (TPSA) is 70.4 Å². The van der Waals surface area contributed by atoms with Crippen molar-refractivity contribution in [2.24, 2.45) is 0 Å². The molecule has 0 saturated carbocycles. The number of anilines is 1. The highest BCUT2D eigenvalue weighted by Gasteiger charge is 2.23. The van der Waals surface area contributed by atoms with E-state index in [0.717, 1.165) is 18.8 Å². The van der Waals surface area contributed by atoms with Crippen LogP contribution in [0.5, 0.6) is 0 Å². The maximum atomic E-state index is 11.6. The Morgan fingerprint density at radius 3 is 2.88 bits per heavy atom. The zero-order chi connectivity index (χ0) is 11.5. The van der Waals surface area contributed by atoms with Gasteiger partial charge in [0.15, 0.2) is 0 Å². The van der Waals surface area contributed by atoms with Gasteiger partial charge in [0.05, 0.1) is 12.2 Å². The number of hydrogen-bond donors (Lipinski definition) is 2. The molecule has 0 atom stereocenters. The van der Waals surface area contributed by atoms with E-state index in [9.17, 15) is 4.79 Å². The first-order valence-corrected chi connectivity index (χ1v) is 5.29. The molecule has 96 valence electrons. The number of likely N-dealkylation sites (N-methyl/N-ethyl adjacent to an activating group) is 1. The van der Waals surface area contributed by atoms with Crippen LogP contribution in [0, 0.1) is 6.92 Å². The Morgan fingerprint density at radius 2 is 2.41 bits per heavy atom. The average molecular weight is 261 g/mol. The van der Waals surface area contributed by atoms with Crippen molar-refractivity contribution in [3.05, 3.63) is 11.8 Å². The Morgan fingerprint density at radius 1 is 1.71 bits per heavy atom. The van der Waals surface area contributed by atoms with Crippen LogP contribution >= 0.6 is 12.4 Å². The molecule has 0 aliphatic carbocycles. The summed E-state index contributed by atoms with van der Waals surface area (Å²) in [7, 11) is 1.94. The summed E-state index contributed by atoms with van der Waals surface area (Å²) < 4.78 is 4.90. The normalized spacial score (nSPS) is 15.2. The van der Waals surface area contributed by atoms with E-state index in [1.54, 1.807) is 6.07 Å². The number of carbonyl (C=O) groups excluding carboxylic acids is 1. The Balaban J connectivity index is 0.00000144. The van der Waals surface area contributed by atoms with E-state index in [0.29, 0.717) is 18.5 Å². The number of aryl methyl sites for hydroxylation is 1. The summed E-state index contributed by atoms with van der Waals surface area (Å²) in [5, 5.41) is 9.53. The van der Waals surface area contributed by atoms with Gasteiger partial charge in [-0.05, 0) is 14.0 Å². The Bertz CT molecular complexity index is 378. The van der Waals surface area contributed by atoms with Crippen molar-refractivity contribution in [1.29, 1.82) is 0 Å². The SMILES string of the molecule is Cc1cc(NC(=O)CN(C)C2CNC2)on1.Cl. The smallest absolute Gasteiger partial charge is 0.240 e. The van der Waals surface area contributed by atoms with Gasteiger partial charge in [-0.1, -0.05) is 5.16 Å². The molecule has 0 unspecified atom stereocenters. The molecule has 17 heavy (non-hydrogen) atoms. The molecule has 1 amide bonds. The zero-order valence-corrected chi connectivity index (χ0v) is 10.7. The van der Waals surface area contributed by atoms with E-state index < -0.39 is 0 Å². The maximum absolute atomic E-state index is 11.6. The lowest BCUT2D eigenvalue weighted by Crippen LogP contribution is -2.57. The Kier molecular flexibility index (Phi) is 4.92. The standard InChI is InChI=1S/C10H16N4O2.ClH/c1-7-3-10(16-13-7)12-9(15)6-14(2)8-4-11-5-8;/h3,8,11H,4-6H2,1-2H3,(H,12,15);1H. The summed E-state index contributed by atoms with van der Waals surface area (Å²) in [5.41, 5.74) is 0.756. The second kappa shape index (κ2) is 6.00. The quantitative estimate of drug-likeness (QED) is 0.812. The molecule has 1 aliphatic heterocycles. The van der Waals surface area contributed by atoms with Crippen LogP contribution in [0.3, 0.4) is 0 Å². The molecule has 1 aromatic heterocycles. The van der Waals surface area contributed by atoms with Crippen molar-refractivity contribution in [2.45, 2.75) is 13.0 Å². The van der Waals surface area contributed by atoms with E-state index in [1.165, 1.54) is 0 Å². The summed E-state index contributed by atoms with van der Waals surface area (Å²) >= 11 is 0. The molecule has 7 heteroatoms. The van der Waals surface area contributed by atoms with Crippen molar-refractivity contribution < 1.29 is 9.32 Å². The summed E-state index contributed by atoms with van der Waals surface area (Å²) in [6, 6.07) is 2.16. The van der Waals surface area contributed by atoms with Gasteiger partial charge in [0.2, 0.25) is 11.8 Å². The van der Waals surface area contributed by atoms with Crippen LogP contribution in [0.4, 0.5) is 5.88 Å². The molecule has 0 bridgehead atoms. The zero-order valence-electron chi connectivity index (χ0n) is 9.90. The third kappa shape index (κ3) is 3.69. The molecule has 2 N–H and O–H groups in total. The third-order valence-electron chi connectivity index (χ3n) is 2.67. The maximum Gasteiger partial charge on any atom is 0.240 e. The molecular formula is C10H17ClN4O2. The van der Waals surface area contributed by atoms with E-state index in [1.807, 2.05) is 18.9 Å². The van der Waals surface area contributed by atoms with Crippen LogP contribution in [-0.2, 0) is 4.79 Å². The van der Waals surface area contributed by atoms with Gasteiger partial charge in [0, 0.05) is 25.2 Å². The Labute approximate surface area is 106 Å². The lowest BCUT2D eigenvalue weighted by atomic mass is 10.1. The minimum atomic E-state index is -0.0782. The van der Waals surface area contributed by atoms with Gasteiger partial charge in [-0.2, -0.15) is 0 Å². The third-order valence-corrected chi connectivity index (χ3v) is 2.67. The fourth-order valence-corrected chi connectivity index (χ4v) is 1.54. The molecule has 1 fully saturated rings. The monoisotopic (exact) mass is 260 g/mol. The largest absolute Gasteiger partial charge is 0.338 e. The van der Waals surface area contributed by atoms with Crippen LogP contribution in [0.1, 0.15) is 5.69 Å². The molecule has 1 saturated heterocycles. The molecule has 6 nitrogen and oxygen atoms in total. The average Bonchev–Trinajstić information content (AvgIpc) is 2.47. The highest BCUT2D eigenvalue weighted by atomic mass is 35.5. The number of aromatic nitrogens is 1. The van der Waals surface area contributed by atoms with E-state index in [-0.39, 0.29) is 18.3 Å². The first-order chi connectivity index (χ1) is 7.65. The lowest BCUT2D eigenvalue weighted by Gasteiger charge is -2.34. The summed E-state index contributed by atoms with van der Waals surface area (Å²) in [6.45, 7) is 4.08. The number of nitrogens with zero attached hydrogens (tertiary/aromatic N) is 2. The predicted molar refractivity (Wildman–Crippen MR) is 66.4 cm³/mol. The van der Waals surface area contributed by atoms with E-state index in [2.05, 4.69) is 15.8 Å². The molecule has 2 heterocycles. The van der Waals surface area contributed by atoms with E-state index in [4.69, 9.17) is 4.52 Å². The van der Waals surface area contributed by atoms with E-state index >= 15 is 0 Å². The first-order valence-electron chi connectivity index (χ1n) is 5.29. The van der Waals surface area contributed by atoms with Crippen molar-refractivity contribution >= 4 is 24.2 Å². The minimum absolute atomic E-state index is 0. The molecule has 0 spiro atoms. The molecule has 0 aromatic carbocycles. The number of hydrogen-bond acceptors (Lipinski definition) is 5. The van der Waals surface area contributed by atoms with Crippen molar-refractivity contribution in [2.75, 3.05) is 32.0 Å². The summed E-state index contributed by atoms with van der Waals surface area (Å²) in [6.07, 6.45) is 0. The summed E-state index contributed by atoms with van der Waals surface area (Å²) in [5.74, 6) is 0.327.